The fraction of sp³-hybridized carbons (Fsp3) is 0.625. The lowest BCUT2D eigenvalue weighted by Crippen LogP contribution is -2.39. The van der Waals surface area contributed by atoms with Crippen molar-refractivity contribution in [3.63, 3.8) is 0 Å². The summed E-state index contributed by atoms with van der Waals surface area (Å²) in [6.45, 7) is 8.51. The van der Waals surface area contributed by atoms with Gasteiger partial charge in [0, 0.05) is 38.6 Å². The van der Waals surface area contributed by atoms with Gasteiger partial charge in [-0.15, -0.1) is 0 Å². The molecule has 1 N–H and O–H groups in total. The number of pyridine rings is 1. The highest BCUT2D eigenvalue weighted by Crippen LogP contribution is 2.18. The van der Waals surface area contributed by atoms with Gasteiger partial charge in [-0.1, -0.05) is 13.8 Å². The third kappa shape index (κ3) is 5.34. The zero-order valence-electron chi connectivity index (χ0n) is 14.1. The average Bonchev–Trinajstić information content (AvgIpc) is 2.42. The van der Waals surface area contributed by atoms with Gasteiger partial charge in [-0.3, -0.25) is 9.78 Å². The standard InChI is InChI=1S/C16H28N4O/c1-12(2)11-20(8-7-19(5)6)16(21)14-10-18-13(3)9-15(14)17-4/h9-10,12H,7-8,11H2,1-6H3,(H,17,18). The van der Waals surface area contributed by atoms with Gasteiger partial charge in [-0.2, -0.15) is 0 Å². The number of aromatic nitrogens is 1. The molecular formula is C16H28N4O. The third-order valence-electron chi connectivity index (χ3n) is 3.23. The smallest absolute Gasteiger partial charge is 0.257 e. The molecule has 21 heavy (non-hydrogen) atoms. The van der Waals surface area contributed by atoms with E-state index in [2.05, 4.69) is 29.0 Å². The largest absolute Gasteiger partial charge is 0.387 e. The molecule has 0 fully saturated rings. The van der Waals surface area contributed by atoms with Crippen LogP contribution in [0.1, 0.15) is 29.9 Å². The number of aryl methyl sites for hydroxylation is 1. The summed E-state index contributed by atoms with van der Waals surface area (Å²) in [6.07, 6.45) is 1.67. The van der Waals surface area contributed by atoms with Crippen LogP contribution in [0.15, 0.2) is 12.3 Å². The number of carbonyl (C=O) groups is 1. The van der Waals surface area contributed by atoms with Crippen LogP contribution >= 0.6 is 0 Å². The Hall–Kier alpha value is -1.62. The predicted molar refractivity (Wildman–Crippen MR) is 87.8 cm³/mol. The summed E-state index contributed by atoms with van der Waals surface area (Å²) < 4.78 is 0. The topological polar surface area (TPSA) is 48.5 Å². The van der Waals surface area contributed by atoms with Crippen molar-refractivity contribution in [2.24, 2.45) is 5.92 Å². The number of rotatable bonds is 7. The molecule has 0 saturated carbocycles. The van der Waals surface area contributed by atoms with Gasteiger partial charge in [0.2, 0.25) is 0 Å². The van der Waals surface area contributed by atoms with Gasteiger partial charge in [-0.25, -0.2) is 0 Å². The minimum absolute atomic E-state index is 0.0439. The molecule has 1 amide bonds. The van der Waals surface area contributed by atoms with Crippen molar-refractivity contribution in [1.82, 2.24) is 14.8 Å². The fourth-order valence-corrected chi connectivity index (χ4v) is 2.14. The van der Waals surface area contributed by atoms with Crippen LogP contribution in [-0.4, -0.2) is 61.5 Å². The number of carbonyl (C=O) groups excluding carboxylic acids is 1. The average molecular weight is 292 g/mol. The van der Waals surface area contributed by atoms with Crippen molar-refractivity contribution in [2.45, 2.75) is 20.8 Å². The molecule has 1 rings (SSSR count). The van der Waals surface area contributed by atoms with E-state index < -0.39 is 0 Å². The predicted octanol–water partition coefficient (Wildman–Crippen LogP) is 2.09. The monoisotopic (exact) mass is 292 g/mol. The molecule has 0 bridgehead atoms. The van der Waals surface area contributed by atoms with Crippen LogP contribution in [0.5, 0.6) is 0 Å². The van der Waals surface area contributed by atoms with Crippen LogP contribution in [-0.2, 0) is 0 Å². The highest BCUT2D eigenvalue weighted by molar-refractivity contribution is 5.99. The molecule has 5 nitrogen and oxygen atoms in total. The van der Waals surface area contributed by atoms with Crippen molar-refractivity contribution in [3.8, 4) is 0 Å². The van der Waals surface area contributed by atoms with Gasteiger partial charge in [0.25, 0.3) is 5.91 Å². The SMILES string of the molecule is CNc1cc(C)ncc1C(=O)N(CCN(C)C)CC(C)C. The van der Waals surface area contributed by atoms with Crippen LogP contribution in [0.4, 0.5) is 5.69 Å². The number of nitrogens with one attached hydrogen (secondary N) is 1. The summed E-state index contributed by atoms with van der Waals surface area (Å²) >= 11 is 0. The van der Waals surface area contributed by atoms with E-state index in [9.17, 15) is 4.79 Å². The maximum Gasteiger partial charge on any atom is 0.257 e. The van der Waals surface area contributed by atoms with E-state index in [0.717, 1.165) is 31.0 Å². The first-order valence-electron chi connectivity index (χ1n) is 7.43. The molecule has 118 valence electrons. The molecule has 0 atom stereocenters. The molecule has 0 aliphatic heterocycles. The summed E-state index contributed by atoms with van der Waals surface area (Å²) in [7, 11) is 5.87. The minimum Gasteiger partial charge on any atom is -0.387 e. The molecule has 0 unspecified atom stereocenters. The maximum absolute atomic E-state index is 12.8. The summed E-state index contributed by atoms with van der Waals surface area (Å²) in [5.41, 5.74) is 2.38. The molecule has 0 aliphatic carbocycles. The zero-order valence-corrected chi connectivity index (χ0v) is 14.1. The Labute approximate surface area is 128 Å². The molecule has 1 heterocycles. The van der Waals surface area contributed by atoms with E-state index in [0.29, 0.717) is 11.5 Å². The Bertz CT molecular complexity index is 471. The lowest BCUT2D eigenvalue weighted by atomic mass is 10.1. The normalized spacial score (nSPS) is 11.0. The lowest BCUT2D eigenvalue weighted by Gasteiger charge is -2.27. The van der Waals surface area contributed by atoms with E-state index in [-0.39, 0.29) is 5.91 Å². The summed E-state index contributed by atoms with van der Waals surface area (Å²) in [4.78, 5) is 21.1. The van der Waals surface area contributed by atoms with Crippen molar-refractivity contribution in [2.75, 3.05) is 46.1 Å². The van der Waals surface area contributed by atoms with E-state index >= 15 is 0 Å². The van der Waals surface area contributed by atoms with Gasteiger partial charge in [-0.05, 0) is 33.0 Å². The van der Waals surface area contributed by atoms with Crippen LogP contribution in [0.25, 0.3) is 0 Å². The number of likely N-dealkylation sites (N-methyl/N-ethyl adjacent to an activating group) is 1. The highest BCUT2D eigenvalue weighted by Gasteiger charge is 2.20. The second kappa shape index (κ2) is 7.98. The van der Waals surface area contributed by atoms with Crippen molar-refractivity contribution in [1.29, 1.82) is 0 Å². The Morgan fingerprint density at radius 3 is 2.52 bits per heavy atom. The van der Waals surface area contributed by atoms with Gasteiger partial charge < -0.3 is 15.1 Å². The molecular weight excluding hydrogens is 264 g/mol. The summed E-state index contributed by atoms with van der Waals surface area (Å²) in [5.74, 6) is 0.481. The molecule has 0 aromatic carbocycles. The number of hydrogen-bond donors (Lipinski definition) is 1. The molecule has 5 heteroatoms. The van der Waals surface area contributed by atoms with Crippen LogP contribution < -0.4 is 5.32 Å². The molecule has 0 radical (unpaired) electrons. The van der Waals surface area contributed by atoms with Gasteiger partial charge in [0.1, 0.15) is 0 Å². The van der Waals surface area contributed by atoms with Crippen molar-refractivity contribution < 1.29 is 4.79 Å². The van der Waals surface area contributed by atoms with Crippen molar-refractivity contribution in [3.05, 3.63) is 23.5 Å². The van der Waals surface area contributed by atoms with E-state index in [1.807, 2.05) is 39.0 Å². The molecule has 0 saturated heterocycles. The molecule has 1 aromatic heterocycles. The first kappa shape index (κ1) is 17.4. The van der Waals surface area contributed by atoms with E-state index in [1.54, 1.807) is 6.20 Å². The maximum atomic E-state index is 12.8. The fourth-order valence-electron chi connectivity index (χ4n) is 2.14. The second-order valence-corrected chi connectivity index (χ2v) is 6.07. The number of amides is 1. The van der Waals surface area contributed by atoms with Gasteiger partial charge in [0.05, 0.1) is 11.3 Å². The summed E-state index contributed by atoms with van der Waals surface area (Å²) in [6, 6.07) is 1.91. The minimum atomic E-state index is 0.0439. The van der Waals surface area contributed by atoms with Gasteiger partial charge >= 0.3 is 0 Å². The highest BCUT2D eigenvalue weighted by atomic mass is 16.2. The van der Waals surface area contributed by atoms with Crippen LogP contribution in [0, 0.1) is 12.8 Å². The van der Waals surface area contributed by atoms with Gasteiger partial charge in [0.15, 0.2) is 0 Å². The van der Waals surface area contributed by atoms with Crippen molar-refractivity contribution >= 4 is 11.6 Å². The number of anilines is 1. The molecule has 0 spiro atoms. The number of hydrogen-bond acceptors (Lipinski definition) is 4. The van der Waals surface area contributed by atoms with E-state index in [4.69, 9.17) is 0 Å². The van der Waals surface area contributed by atoms with E-state index in [1.165, 1.54) is 0 Å². The second-order valence-electron chi connectivity index (χ2n) is 6.07. The third-order valence-corrected chi connectivity index (χ3v) is 3.23. The Morgan fingerprint density at radius 1 is 1.33 bits per heavy atom. The Balaban J connectivity index is 2.98. The Kier molecular flexibility index (Phi) is 6.62. The first-order valence-corrected chi connectivity index (χ1v) is 7.43. The number of nitrogens with zero attached hydrogens (tertiary/aromatic N) is 3. The first-order chi connectivity index (χ1) is 9.85. The lowest BCUT2D eigenvalue weighted by molar-refractivity contribution is 0.0725. The molecule has 1 aromatic rings. The Morgan fingerprint density at radius 2 is 2.00 bits per heavy atom. The van der Waals surface area contributed by atoms with Crippen LogP contribution in [0.3, 0.4) is 0 Å². The zero-order chi connectivity index (χ0) is 16.0. The molecule has 0 aliphatic rings. The summed E-state index contributed by atoms with van der Waals surface area (Å²) in [5, 5.41) is 3.09. The van der Waals surface area contributed by atoms with Crippen LogP contribution in [0.2, 0.25) is 0 Å². The quantitative estimate of drug-likeness (QED) is 0.836.